The molecule has 0 spiro atoms. The zero-order valence-electron chi connectivity index (χ0n) is 15.8. The van der Waals surface area contributed by atoms with Gasteiger partial charge in [-0.15, -0.1) is 0 Å². The van der Waals surface area contributed by atoms with Gasteiger partial charge in [0, 0.05) is 56.7 Å². The van der Waals surface area contributed by atoms with Gasteiger partial charge in [-0.25, -0.2) is 13.2 Å². The molecule has 0 atom stereocenters. The van der Waals surface area contributed by atoms with E-state index in [4.69, 9.17) is 4.74 Å². The molecule has 1 saturated heterocycles. The van der Waals surface area contributed by atoms with Crippen molar-refractivity contribution >= 4 is 27.4 Å². The lowest BCUT2D eigenvalue weighted by molar-refractivity contribution is -0.384. The summed E-state index contributed by atoms with van der Waals surface area (Å²) in [6.45, 7) is 3.84. The standard InChI is InChI=1S/C17H23N3O7S/c1-3-27-17(22)14-10-13(11-15(12-14)20(23)24)16(21)19-6-4-18(5-7-19)8-9-28(2,25)26/h10-12H,3-9H2,1-2H3. The molecule has 0 saturated carbocycles. The molecule has 1 fully saturated rings. The fraction of sp³-hybridized carbons (Fsp3) is 0.529. The Bertz CT molecular complexity index is 862. The molecule has 2 rings (SSSR count). The van der Waals surface area contributed by atoms with Crippen LogP contribution in [0.2, 0.25) is 0 Å². The van der Waals surface area contributed by atoms with Crippen molar-refractivity contribution in [3.63, 3.8) is 0 Å². The number of non-ortho nitro benzene ring substituents is 1. The van der Waals surface area contributed by atoms with Crippen molar-refractivity contribution in [1.29, 1.82) is 0 Å². The summed E-state index contributed by atoms with van der Waals surface area (Å²) in [6.07, 6.45) is 1.18. The van der Waals surface area contributed by atoms with E-state index in [0.29, 0.717) is 32.7 Å². The summed E-state index contributed by atoms with van der Waals surface area (Å²) in [5, 5.41) is 11.2. The van der Waals surface area contributed by atoms with Crippen molar-refractivity contribution in [3.05, 3.63) is 39.4 Å². The predicted octanol–water partition coefficient (Wildman–Crippen LogP) is 0.574. The summed E-state index contributed by atoms with van der Waals surface area (Å²) in [4.78, 5) is 38.7. The van der Waals surface area contributed by atoms with E-state index in [1.165, 1.54) is 17.2 Å². The molecule has 0 aromatic heterocycles. The SMILES string of the molecule is CCOC(=O)c1cc(C(=O)N2CCN(CCS(C)(=O)=O)CC2)cc([N+](=O)[O-])c1. The zero-order valence-corrected chi connectivity index (χ0v) is 16.6. The van der Waals surface area contributed by atoms with E-state index >= 15 is 0 Å². The van der Waals surface area contributed by atoms with Crippen molar-refractivity contribution in [2.75, 3.05) is 51.3 Å². The van der Waals surface area contributed by atoms with E-state index in [9.17, 15) is 28.1 Å². The number of hydrogen-bond acceptors (Lipinski definition) is 8. The summed E-state index contributed by atoms with van der Waals surface area (Å²) in [5.74, 6) is -1.10. The van der Waals surface area contributed by atoms with E-state index in [-0.39, 0.29) is 29.2 Å². The second kappa shape index (κ2) is 9.11. The summed E-state index contributed by atoms with van der Waals surface area (Å²) in [6, 6.07) is 3.52. The lowest BCUT2D eigenvalue weighted by Crippen LogP contribution is -2.49. The molecule has 1 aliphatic rings. The molecule has 10 nitrogen and oxygen atoms in total. The first kappa shape index (κ1) is 21.8. The first-order valence-electron chi connectivity index (χ1n) is 8.76. The van der Waals surface area contributed by atoms with Crippen molar-refractivity contribution in [1.82, 2.24) is 9.80 Å². The number of sulfone groups is 1. The van der Waals surface area contributed by atoms with Crippen LogP contribution < -0.4 is 0 Å². The molecule has 11 heteroatoms. The third-order valence-corrected chi connectivity index (χ3v) is 5.25. The number of nitro benzene ring substituents is 1. The third-order valence-electron chi connectivity index (χ3n) is 4.32. The first-order valence-corrected chi connectivity index (χ1v) is 10.8. The second-order valence-electron chi connectivity index (χ2n) is 6.51. The highest BCUT2D eigenvalue weighted by Gasteiger charge is 2.25. The Morgan fingerprint density at radius 1 is 1.14 bits per heavy atom. The Hall–Kier alpha value is -2.53. The Kier molecular flexibility index (Phi) is 7.08. The number of benzene rings is 1. The van der Waals surface area contributed by atoms with E-state index in [2.05, 4.69) is 0 Å². The molecule has 0 N–H and O–H groups in total. The van der Waals surface area contributed by atoms with Crippen LogP contribution in [0.4, 0.5) is 5.69 Å². The van der Waals surface area contributed by atoms with Gasteiger partial charge in [0.05, 0.1) is 22.8 Å². The predicted molar refractivity (Wildman–Crippen MR) is 101 cm³/mol. The highest BCUT2D eigenvalue weighted by Crippen LogP contribution is 2.20. The molecule has 0 aliphatic carbocycles. The molecule has 28 heavy (non-hydrogen) atoms. The monoisotopic (exact) mass is 413 g/mol. The molecule has 1 aromatic rings. The maximum Gasteiger partial charge on any atom is 0.338 e. The average molecular weight is 413 g/mol. The minimum absolute atomic E-state index is 0.0434. The van der Waals surface area contributed by atoms with Gasteiger partial charge in [0.2, 0.25) is 0 Å². The zero-order chi connectivity index (χ0) is 20.9. The minimum atomic E-state index is -3.06. The number of nitro groups is 1. The Labute approximate surface area is 163 Å². The van der Waals surface area contributed by atoms with Gasteiger partial charge < -0.3 is 9.64 Å². The van der Waals surface area contributed by atoms with Crippen LogP contribution in [-0.2, 0) is 14.6 Å². The van der Waals surface area contributed by atoms with E-state index in [1.807, 2.05) is 4.90 Å². The lowest BCUT2D eigenvalue weighted by atomic mass is 10.1. The normalized spacial score (nSPS) is 15.3. The number of hydrogen-bond donors (Lipinski definition) is 0. The highest BCUT2D eigenvalue weighted by atomic mass is 32.2. The molecular formula is C17H23N3O7S. The number of rotatable bonds is 7. The summed E-state index contributed by atoms with van der Waals surface area (Å²) < 4.78 is 27.4. The van der Waals surface area contributed by atoms with Crippen molar-refractivity contribution in [2.45, 2.75) is 6.92 Å². The van der Waals surface area contributed by atoms with Gasteiger partial charge in [0.1, 0.15) is 9.84 Å². The van der Waals surface area contributed by atoms with Crippen LogP contribution in [0, 0.1) is 10.1 Å². The Balaban J connectivity index is 2.11. The topological polar surface area (TPSA) is 127 Å². The molecule has 1 amide bonds. The van der Waals surface area contributed by atoms with Crippen LogP contribution in [-0.4, -0.2) is 86.4 Å². The number of piperazine rings is 1. The fourth-order valence-corrected chi connectivity index (χ4v) is 3.41. The van der Waals surface area contributed by atoms with Crippen LogP contribution in [0.15, 0.2) is 18.2 Å². The molecule has 0 bridgehead atoms. The number of esters is 1. The van der Waals surface area contributed by atoms with Gasteiger partial charge in [-0.1, -0.05) is 0 Å². The molecule has 1 aliphatic heterocycles. The summed E-state index contributed by atoms with van der Waals surface area (Å²) in [5.41, 5.74) is -0.367. The maximum absolute atomic E-state index is 12.8. The van der Waals surface area contributed by atoms with Crippen LogP contribution in [0.25, 0.3) is 0 Å². The van der Waals surface area contributed by atoms with E-state index < -0.39 is 26.6 Å². The van der Waals surface area contributed by atoms with E-state index in [0.717, 1.165) is 12.1 Å². The van der Waals surface area contributed by atoms with Gasteiger partial charge >= 0.3 is 5.97 Å². The van der Waals surface area contributed by atoms with Gasteiger partial charge in [-0.2, -0.15) is 0 Å². The minimum Gasteiger partial charge on any atom is -0.462 e. The van der Waals surface area contributed by atoms with Gasteiger partial charge in [0.25, 0.3) is 11.6 Å². The third kappa shape index (κ3) is 5.99. The van der Waals surface area contributed by atoms with Crippen molar-refractivity contribution in [2.24, 2.45) is 0 Å². The van der Waals surface area contributed by atoms with Gasteiger partial charge in [-0.05, 0) is 13.0 Å². The lowest BCUT2D eigenvalue weighted by Gasteiger charge is -2.34. The van der Waals surface area contributed by atoms with Crippen LogP contribution in [0.3, 0.4) is 0 Å². The van der Waals surface area contributed by atoms with Crippen LogP contribution in [0.1, 0.15) is 27.6 Å². The summed E-state index contributed by atoms with van der Waals surface area (Å²) in [7, 11) is -3.06. The molecule has 154 valence electrons. The second-order valence-corrected chi connectivity index (χ2v) is 8.77. The molecular weight excluding hydrogens is 390 g/mol. The van der Waals surface area contributed by atoms with Gasteiger partial charge in [0.15, 0.2) is 0 Å². The number of carbonyl (C=O) groups excluding carboxylic acids is 2. The van der Waals surface area contributed by atoms with Crippen molar-refractivity contribution < 1.29 is 27.7 Å². The fourth-order valence-electron chi connectivity index (χ4n) is 2.82. The Morgan fingerprint density at radius 2 is 1.75 bits per heavy atom. The molecule has 1 heterocycles. The quantitative estimate of drug-likeness (QED) is 0.361. The van der Waals surface area contributed by atoms with E-state index in [1.54, 1.807) is 6.92 Å². The Morgan fingerprint density at radius 3 is 2.29 bits per heavy atom. The first-order chi connectivity index (χ1) is 13.1. The number of amides is 1. The van der Waals surface area contributed by atoms with Crippen LogP contribution >= 0.6 is 0 Å². The van der Waals surface area contributed by atoms with Crippen LogP contribution in [0.5, 0.6) is 0 Å². The number of ether oxygens (including phenoxy) is 1. The molecule has 1 aromatic carbocycles. The van der Waals surface area contributed by atoms with Gasteiger partial charge in [-0.3, -0.25) is 19.8 Å². The molecule has 0 radical (unpaired) electrons. The smallest absolute Gasteiger partial charge is 0.338 e. The largest absolute Gasteiger partial charge is 0.462 e. The highest BCUT2D eigenvalue weighted by molar-refractivity contribution is 7.90. The van der Waals surface area contributed by atoms with Crippen molar-refractivity contribution in [3.8, 4) is 0 Å². The summed E-state index contributed by atoms with van der Waals surface area (Å²) >= 11 is 0. The molecule has 0 unspecified atom stereocenters. The maximum atomic E-state index is 12.8. The average Bonchev–Trinajstić information content (AvgIpc) is 2.65. The number of carbonyl (C=O) groups is 2. The number of nitrogens with zero attached hydrogens (tertiary/aromatic N) is 3.